The van der Waals surface area contributed by atoms with Gasteiger partial charge in [-0.3, -0.25) is 19.6 Å². The Morgan fingerprint density at radius 3 is 2.47 bits per heavy atom. The van der Waals surface area contributed by atoms with E-state index in [4.69, 9.17) is 9.72 Å². The van der Waals surface area contributed by atoms with Gasteiger partial charge in [-0.1, -0.05) is 20.4 Å². The zero-order valence-corrected chi connectivity index (χ0v) is 30.6. The molecule has 0 radical (unpaired) electrons. The molecule has 0 atom stereocenters. The van der Waals surface area contributed by atoms with Crippen molar-refractivity contribution < 1.29 is 35.9 Å². The fourth-order valence-corrected chi connectivity index (χ4v) is 6.11. The van der Waals surface area contributed by atoms with Crippen molar-refractivity contribution in [2.75, 3.05) is 49.6 Å². The van der Waals surface area contributed by atoms with Crippen LogP contribution >= 0.6 is 0 Å². The molecule has 1 amide bonds. The number of hydrogen-bond donors (Lipinski definition) is 2. The summed E-state index contributed by atoms with van der Waals surface area (Å²) in [6.07, 6.45) is -4.15. The molecule has 5 heterocycles. The van der Waals surface area contributed by atoms with E-state index in [0.29, 0.717) is 52.6 Å². The SMILES string of the molecule is C=Cc1c(/C=C(\C)N(CC(C)C)CC(F)(F)F)c(C(F)(F)F)cc(=O)n1CCOCCCN1C(=O)CNc2ncc(-c3ccc(-c4nc[nH]n4)nc3C)nc21. The number of halogens is 6. The number of allylic oxidation sites excluding steroid dienone is 1. The number of carbonyl (C=O) groups excluding carboxylic acids is 1. The summed E-state index contributed by atoms with van der Waals surface area (Å²) in [4.78, 5) is 46.3. The lowest BCUT2D eigenvalue weighted by atomic mass is 10.0. The summed E-state index contributed by atoms with van der Waals surface area (Å²) < 4.78 is 89.5. The molecule has 55 heavy (non-hydrogen) atoms. The third kappa shape index (κ3) is 9.94. The second-order valence-electron chi connectivity index (χ2n) is 13.2. The monoisotopic (exact) mass is 774 g/mol. The zero-order valence-electron chi connectivity index (χ0n) is 30.6. The van der Waals surface area contributed by atoms with E-state index in [1.54, 1.807) is 33.0 Å². The van der Waals surface area contributed by atoms with Gasteiger partial charge in [-0.25, -0.2) is 19.9 Å². The van der Waals surface area contributed by atoms with Gasteiger partial charge in [0.25, 0.3) is 5.56 Å². The Bertz CT molecular complexity index is 2100. The van der Waals surface area contributed by atoms with Gasteiger partial charge in [0, 0.05) is 54.8 Å². The van der Waals surface area contributed by atoms with Crippen LogP contribution in [0.15, 0.2) is 47.8 Å². The van der Waals surface area contributed by atoms with Crippen molar-refractivity contribution in [1.29, 1.82) is 0 Å². The molecule has 5 rings (SSSR count). The van der Waals surface area contributed by atoms with Gasteiger partial charge in [0.2, 0.25) is 5.91 Å². The maximum absolute atomic E-state index is 14.2. The first-order valence-electron chi connectivity index (χ1n) is 17.3. The minimum Gasteiger partial charge on any atom is -0.380 e. The molecule has 0 bridgehead atoms. The number of alkyl halides is 6. The number of aromatic amines is 1. The highest BCUT2D eigenvalue weighted by Crippen LogP contribution is 2.35. The Balaban J connectivity index is 1.28. The normalized spacial score (nSPS) is 13.6. The highest BCUT2D eigenvalue weighted by atomic mass is 19.4. The first-order chi connectivity index (χ1) is 26.0. The number of aryl methyl sites for hydroxylation is 1. The van der Waals surface area contributed by atoms with Crippen molar-refractivity contribution in [3.8, 4) is 22.8 Å². The van der Waals surface area contributed by atoms with Crippen molar-refractivity contribution in [1.82, 2.24) is 39.6 Å². The minimum absolute atomic E-state index is 0.00329. The molecule has 13 nitrogen and oxygen atoms in total. The zero-order chi connectivity index (χ0) is 40.1. The molecule has 0 spiro atoms. The number of carbonyl (C=O) groups is 1. The van der Waals surface area contributed by atoms with Crippen LogP contribution in [0, 0.1) is 12.8 Å². The molecular formula is C36H40F6N10O3. The number of ether oxygens (including phenoxy) is 1. The number of nitrogens with one attached hydrogen (secondary N) is 2. The summed E-state index contributed by atoms with van der Waals surface area (Å²) in [5.74, 6) is 0.691. The molecule has 2 N–H and O–H groups in total. The van der Waals surface area contributed by atoms with E-state index in [1.807, 2.05) is 6.07 Å². The molecule has 0 fully saturated rings. The molecule has 294 valence electrons. The van der Waals surface area contributed by atoms with Crippen LogP contribution in [0.3, 0.4) is 0 Å². The second kappa shape index (κ2) is 16.8. The standard InChI is InChI=1S/C36H40F6N10O3/c1-6-29-25(14-22(4)50(18-21(2)3)19-35(37,38)39)26(36(40,41)42)15-30(53)51(29)11-13-55-12-7-10-52-31(54)17-44-33-34(52)48-28(16-43-33)24-8-9-27(47-23(24)5)32-45-20-46-49-32/h6,8-9,14-16,20-21H,1,7,10-13,17-19H2,2-5H3,(H,43,44)(H,45,46,49)/b22-14+. The lowest BCUT2D eigenvalue weighted by molar-refractivity contribution is -0.142. The van der Waals surface area contributed by atoms with Crippen LogP contribution in [0.25, 0.3) is 34.9 Å². The molecule has 0 aliphatic carbocycles. The van der Waals surface area contributed by atoms with Gasteiger partial charge in [0.05, 0.1) is 36.3 Å². The van der Waals surface area contributed by atoms with E-state index in [-0.39, 0.29) is 62.6 Å². The summed E-state index contributed by atoms with van der Waals surface area (Å²) in [7, 11) is 0. The van der Waals surface area contributed by atoms with Gasteiger partial charge in [0.15, 0.2) is 17.5 Å². The minimum atomic E-state index is -4.98. The second-order valence-corrected chi connectivity index (χ2v) is 13.2. The number of pyridine rings is 2. The molecule has 1 aliphatic rings. The number of amides is 1. The quantitative estimate of drug-likeness (QED) is 0.106. The lowest BCUT2D eigenvalue weighted by Crippen LogP contribution is -2.41. The summed E-state index contributed by atoms with van der Waals surface area (Å²) in [5, 5.41) is 9.66. The van der Waals surface area contributed by atoms with E-state index < -0.39 is 35.6 Å². The molecular weight excluding hydrogens is 734 g/mol. The van der Waals surface area contributed by atoms with Crippen LogP contribution in [-0.4, -0.2) is 91.1 Å². The maximum Gasteiger partial charge on any atom is 0.417 e. The first kappa shape index (κ1) is 40.6. The van der Waals surface area contributed by atoms with Crippen molar-refractivity contribution in [3.63, 3.8) is 0 Å². The van der Waals surface area contributed by atoms with E-state index in [9.17, 15) is 35.9 Å². The van der Waals surface area contributed by atoms with Crippen LogP contribution in [0.1, 0.15) is 49.7 Å². The number of rotatable bonds is 15. The Morgan fingerprint density at radius 1 is 1.07 bits per heavy atom. The number of anilines is 2. The van der Waals surface area contributed by atoms with E-state index in [1.165, 1.54) is 18.2 Å². The Kier molecular flexibility index (Phi) is 12.4. The number of hydrogen-bond acceptors (Lipinski definition) is 10. The van der Waals surface area contributed by atoms with Crippen LogP contribution in [-0.2, 0) is 22.3 Å². The van der Waals surface area contributed by atoms with Gasteiger partial charge in [0.1, 0.15) is 18.6 Å². The van der Waals surface area contributed by atoms with E-state index in [2.05, 4.69) is 37.0 Å². The summed E-state index contributed by atoms with van der Waals surface area (Å²) in [6.45, 7) is 8.69. The first-order valence-corrected chi connectivity index (χ1v) is 17.3. The van der Waals surface area contributed by atoms with Crippen molar-refractivity contribution >= 4 is 29.7 Å². The maximum atomic E-state index is 14.2. The van der Waals surface area contributed by atoms with Gasteiger partial charge >= 0.3 is 12.4 Å². The predicted molar refractivity (Wildman–Crippen MR) is 194 cm³/mol. The largest absolute Gasteiger partial charge is 0.417 e. The topological polar surface area (TPSA) is 147 Å². The average molecular weight is 775 g/mol. The molecule has 19 heteroatoms. The Hall–Kier alpha value is -5.59. The highest BCUT2D eigenvalue weighted by Gasteiger charge is 2.36. The molecule has 4 aromatic rings. The van der Waals surface area contributed by atoms with Gasteiger partial charge in [-0.15, -0.1) is 0 Å². The van der Waals surface area contributed by atoms with Gasteiger partial charge in [-0.2, -0.15) is 31.4 Å². The predicted octanol–water partition coefficient (Wildman–Crippen LogP) is 6.20. The van der Waals surface area contributed by atoms with Crippen molar-refractivity contribution in [2.45, 2.75) is 53.0 Å². The Labute approximate surface area is 312 Å². The van der Waals surface area contributed by atoms with Gasteiger partial charge < -0.3 is 19.5 Å². The molecule has 1 aliphatic heterocycles. The van der Waals surface area contributed by atoms with Crippen LogP contribution < -0.4 is 15.8 Å². The third-order valence-corrected chi connectivity index (χ3v) is 8.55. The van der Waals surface area contributed by atoms with E-state index >= 15 is 0 Å². The molecule has 0 aromatic carbocycles. The molecule has 4 aromatic heterocycles. The van der Waals surface area contributed by atoms with Crippen molar-refractivity contribution in [2.24, 2.45) is 5.92 Å². The number of nitrogens with zero attached hydrogens (tertiary/aromatic N) is 8. The molecule has 0 saturated heterocycles. The van der Waals surface area contributed by atoms with Crippen LogP contribution in [0.5, 0.6) is 0 Å². The fraction of sp³-hybridized carbons (Fsp3) is 0.417. The van der Waals surface area contributed by atoms with Gasteiger partial charge in [-0.05, 0) is 50.5 Å². The van der Waals surface area contributed by atoms with Crippen LogP contribution in [0.2, 0.25) is 0 Å². The summed E-state index contributed by atoms with van der Waals surface area (Å²) >= 11 is 0. The highest BCUT2D eigenvalue weighted by molar-refractivity contribution is 6.00. The average Bonchev–Trinajstić information content (AvgIpc) is 3.65. The number of aromatic nitrogens is 7. The molecule has 0 unspecified atom stereocenters. The van der Waals surface area contributed by atoms with E-state index in [0.717, 1.165) is 21.6 Å². The Morgan fingerprint density at radius 2 is 1.84 bits per heavy atom. The summed E-state index contributed by atoms with van der Waals surface area (Å²) in [6, 6.07) is 3.99. The number of H-pyrrole nitrogens is 1. The lowest BCUT2D eigenvalue weighted by Gasteiger charge is -2.29. The van der Waals surface area contributed by atoms with Crippen LogP contribution in [0.4, 0.5) is 38.0 Å². The fourth-order valence-electron chi connectivity index (χ4n) is 6.11. The van der Waals surface area contributed by atoms with Crippen molar-refractivity contribution in [3.05, 3.63) is 75.9 Å². The summed E-state index contributed by atoms with van der Waals surface area (Å²) in [5.41, 5.74) is -0.639. The number of fused-ring (bicyclic) bond motifs is 1. The smallest absolute Gasteiger partial charge is 0.380 e. The molecule has 0 saturated carbocycles. The third-order valence-electron chi connectivity index (χ3n) is 8.55.